The van der Waals surface area contributed by atoms with E-state index >= 15 is 0 Å². The van der Waals surface area contributed by atoms with Crippen molar-refractivity contribution in [2.24, 2.45) is 0 Å². The third-order valence-corrected chi connectivity index (χ3v) is 8.14. The Labute approximate surface area is 231 Å². The SMILES string of the molecule is CCC/C=C(\C)B(c1c(C(C)C)cc(C(C)C)cc1C(C)C)c1c(C(C)C)cc(C(C)C)cc1C(C)C. The number of benzene rings is 2. The van der Waals surface area contributed by atoms with Crippen molar-refractivity contribution in [3.05, 3.63) is 69.2 Å². The summed E-state index contributed by atoms with van der Waals surface area (Å²) in [5.74, 6) is 2.98. The molecule has 0 fully saturated rings. The number of rotatable bonds is 11. The number of hydrogen-bond acceptors (Lipinski definition) is 0. The zero-order valence-electron chi connectivity index (χ0n) is 26.8. The van der Waals surface area contributed by atoms with Crippen molar-refractivity contribution in [1.29, 1.82) is 0 Å². The van der Waals surface area contributed by atoms with Gasteiger partial charge in [0.1, 0.15) is 0 Å². The fourth-order valence-electron chi connectivity index (χ4n) is 5.78. The molecule has 1 heteroatoms. The van der Waals surface area contributed by atoms with E-state index < -0.39 is 0 Å². The first-order valence-electron chi connectivity index (χ1n) is 15.2. The third kappa shape index (κ3) is 7.22. The maximum Gasteiger partial charge on any atom is 0.238 e. The average Bonchev–Trinajstić information content (AvgIpc) is 2.81. The molecule has 0 heterocycles. The first-order chi connectivity index (χ1) is 17.2. The van der Waals surface area contributed by atoms with Crippen molar-refractivity contribution in [2.75, 3.05) is 0 Å². The van der Waals surface area contributed by atoms with Gasteiger partial charge in [0, 0.05) is 0 Å². The number of hydrogen-bond donors (Lipinski definition) is 0. The molecule has 0 radical (unpaired) electrons. The quantitative estimate of drug-likeness (QED) is 0.269. The lowest BCUT2D eigenvalue weighted by atomic mass is 9.32. The van der Waals surface area contributed by atoms with Gasteiger partial charge in [0.05, 0.1) is 0 Å². The van der Waals surface area contributed by atoms with Gasteiger partial charge in [-0.1, -0.05) is 150 Å². The zero-order chi connectivity index (χ0) is 28.2. The van der Waals surface area contributed by atoms with Crippen LogP contribution >= 0.6 is 0 Å². The maximum absolute atomic E-state index is 2.54. The summed E-state index contributed by atoms with van der Waals surface area (Å²) in [7, 11) is 0. The van der Waals surface area contributed by atoms with Gasteiger partial charge in [-0.05, 0) is 75.3 Å². The molecule has 37 heavy (non-hydrogen) atoms. The van der Waals surface area contributed by atoms with Crippen LogP contribution in [0.5, 0.6) is 0 Å². The van der Waals surface area contributed by atoms with Crippen LogP contribution in [0.4, 0.5) is 0 Å². The van der Waals surface area contributed by atoms with Crippen molar-refractivity contribution in [3.8, 4) is 0 Å². The van der Waals surface area contributed by atoms with Crippen molar-refractivity contribution in [3.63, 3.8) is 0 Å². The van der Waals surface area contributed by atoms with Crippen LogP contribution < -0.4 is 10.9 Å². The van der Waals surface area contributed by atoms with Crippen LogP contribution in [-0.4, -0.2) is 6.71 Å². The van der Waals surface area contributed by atoms with E-state index in [1.807, 2.05) is 0 Å². The molecule has 0 aliphatic carbocycles. The van der Waals surface area contributed by atoms with Crippen molar-refractivity contribution in [1.82, 2.24) is 0 Å². The van der Waals surface area contributed by atoms with Crippen molar-refractivity contribution < 1.29 is 0 Å². The summed E-state index contributed by atoms with van der Waals surface area (Å²) in [6, 6.07) is 10.2. The van der Waals surface area contributed by atoms with Gasteiger partial charge in [0.2, 0.25) is 6.71 Å². The first-order valence-corrected chi connectivity index (χ1v) is 15.2. The molecule has 0 N–H and O–H groups in total. The van der Waals surface area contributed by atoms with Crippen LogP contribution in [0.2, 0.25) is 0 Å². The first kappa shape index (κ1) is 31.5. The molecule has 0 aliphatic rings. The van der Waals surface area contributed by atoms with Crippen molar-refractivity contribution in [2.45, 2.75) is 145 Å². The Kier molecular flexibility index (Phi) is 11.4. The van der Waals surface area contributed by atoms with Gasteiger partial charge in [-0.2, -0.15) is 0 Å². The lowest BCUT2D eigenvalue weighted by Gasteiger charge is -2.32. The van der Waals surface area contributed by atoms with Gasteiger partial charge in [0.25, 0.3) is 0 Å². The van der Waals surface area contributed by atoms with E-state index in [1.54, 1.807) is 33.2 Å². The fourth-order valence-corrected chi connectivity index (χ4v) is 5.78. The molecular weight excluding hydrogens is 443 g/mol. The van der Waals surface area contributed by atoms with Gasteiger partial charge in [-0.15, -0.1) is 0 Å². The second-order valence-electron chi connectivity index (χ2n) is 13.3. The monoisotopic (exact) mass is 500 g/mol. The van der Waals surface area contributed by atoms with E-state index in [2.05, 4.69) is 127 Å². The van der Waals surface area contributed by atoms with Crippen LogP contribution in [0.15, 0.2) is 35.8 Å². The Morgan fingerprint density at radius 1 is 0.568 bits per heavy atom. The van der Waals surface area contributed by atoms with E-state index in [9.17, 15) is 0 Å². The molecule has 2 aromatic carbocycles. The smallest absolute Gasteiger partial charge is 0.0978 e. The minimum atomic E-state index is 0.290. The highest BCUT2D eigenvalue weighted by Crippen LogP contribution is 2.31. The molecule has 0 aliphatic heterocycles. The summed E-state index contributed by atoms with van der Waals surface area (Å²) < 4.78 is 0. The lowest BCUT2D eigenvalue weighted by molar-refractivity contribution is 0.809. The summed E-state index contributed by atoms with van der Waals surface area (Å²) in [6.45, 7) is 33.5. The van der Waals surface area contributed by atoms with Gasteiger partial charge in [0.15, 0.2) is 0 Å². The Hall–Kier alpha value is -1.76. The second kappa shape index (κ2) is 13.4. The second-order valence-corrected chi connectivity index (χ2v) is 13.3. The predicted octanol–water partition coefficient (Wildman–Crippen LogP) is 10.3. The van der Waals surface area contributed by atoms with E-state index in [1.165, 1.54) is 23.0 Å². The van der Waals surface area contributed by atoms with Crippen LogP contribution in [0, 0.1) is 0 Å². The molecule has 0 atom stereocenters. The summed E-state index contributed by atoms with van der Waals surface area (Å²) in [6.07, 6.45) is 4.86. The lowest BCUT2D eigenvalue weighted by Crippen LogP contribution is -2.51. The van der Waals surface area contributed by atoms with Gasteiger partial charge < -0.3 is 0 Å². The Morgan fingerprint density at radius 3 is 1.08 bits per heavy atom. The highest BCUT2D eigenvalue weighted by Gasteiger charge is 2.34. The Balaban J connectivity index is 3.19. The number of allylic oxidation sites excluding steroid dienone is 2. The van der Waals surface area contributed by atoms with E-state index in [-0.39, 0.29) is 0 Å². The molecule has 0 spiro atoms. The van der Waals surface area contributed by atoms with Gasteiger partial charge >= 0.3 is 0 Å². The van der Waals surface area contributed by atoms with Crippen LogP contribution in [-0.2, 0) is 0 Å². The predicted molar refractivity (Wildman–Crippen MR) is 171 cm³/mol. The van der Waals surface area contributed by atoms with E-state index in [0.717, 1.165) is 6.42 Å². The van der Waals surface area contributed by atoms with E-state index in [4.69, 9.17) is 0 Å². The van der Waals surface area contributed by atoms with Crippen LogP contribution in [0.25, 0.3) is 0 Å². The van der Waals surface area contributed by atoms with Gasteiger partial charge in [-0.3, -0.25) is 0 Å². The highest BCUT2D eigenvalue weighted by atomic mass is 14.2. The molecule has 0 saturated heterocycles. The minimum absolute atomic E-state index is 0.290. The Bertz CT molecular complexity index is 929. The molecule has 0 amide bonds. The normalized spacial score (nSPS) is 12.8. The van der Waals surface area contributed by atoms with Crippen LogP contribution in [0.3, 0.4) is 0 Å². The molecule has 2 aromatic rings. The van der Waals surface area contributed by atoms with Crippen molar-refractivity contribution >= 4 is 17.6 Å². The Morgan fingerprint density at radius 2 is 0.865 bits per heavy atom. The molecule has 204 valence electrons. The summed E-state index contributed by atoms with van der Waals surface area (Å²) in [4.78, 5) is 0. The number of unbranched alkanes of at least 4 members (excludes halogenated alkanes) is 1. The molecule has 2 rings (SSSR count). The highest BCUT2D eigenvalue weighted by molar-refractivity contribution is 6.92. The average molecular weight is 501 g/mol. The largest absolute Gasteiger partial charge is 0.238 e. The molecular formula is C36H57B. The molecule has 0 bridgehead atoms. The standard InChI is InChI=1S/C36H57B/c1-15-16-17-28(14)37(35-31(24(6)7)18-29(22(2)3)19-32(35)25(8)9)36-33(26(10)11)20-30(23(4)5)21-34(36)27(12)13/h17-27H,15-16H2,1-14H3/b28-17+. The van der Waals surface area contributed by atoms with Crippen LogP contribution in [0.1, 0.15) is 179 Å². The maximum atomic E-state index is 2.54. The zero-order valence-corrected chi connectivity index (χ0v) is 26.8. The minimum Gasteiger partial charge on any atom is -0.0978 e. The topological polar surface area (TPSA) is 0 Å². The summed E-state index contributed by atoms with van der Waals surface area (Å²) in [5, 5.41) is 0. The fraction of sp³-hybridized carbons (Fsp3) is 0.611. The van der Waals surface area contributed by atoms with E-state index in [0.29, 0.717) is 42.2 Å². The molecule has 0 nitrogen and oxygen atoms in total. The summed E-state index contributed by atoms with van der Waals surface area (Å²) >= 11 is 0. The summed E-state index contributed by atoms with van der Waals surface area (Å²) in [5.41, 5.74) is 13.8. The third-order valence-electron chi connectivity index (χ3n) is 8.14. The molecule has 0 aromatic heterocycles. The van der Waals surface area contributed by atoms with Gasteiger partial charge in [-0.25, -0.2) is 0 Å². The molecule has 0 saturated carbocycles. The molecule has 0 unspecified atom stereocenters.